The van der Waals surface area contributed by atoms with Gasteiger partial charge in [-0.25, -0.2) is 4.39 Å². The van der Waals surface area contributed by atoms with Crippen LogP contribution in [0.15, 0.2) is 36.4 Å². The maximum Gasteiger partial charge on any atom is 0.126 e. The van der Waals surface area contributed by atoms with Gasteiger partial charge in [0.15, 0.2) is 0 Å². The van der Waals surface area contributed by atoms with E-state index in [0.717, 1.165) is 25.2 Å². The summed E-state index contributed by atoms with van der Waals surface area (Å²) in [5.74, 6) is 1.52. The van der Waals surface area contributed by atoms with Gasteiger partial charge in [0, 0.05) is 12.8 Å². The summed E-state index contributed by atoms with van der Waals surface area (Å²) in [6.45, 7) is 3.11. The molecule has 2 aromatic carbocycles. The molecule has 0 fully saturated rings. The summed E-state index contributed by atoms with van der Waals surface area (Å²) >= 11 is 0. The lowest BCUT2D eigenvalue weighted by Crippen LogP contribution is -2.02. The molecular formula is C17H17FO2. The van der Waals surface area contributed by atoms with E-state index in [4.69, 9.17) is 9.47 Å². The number of aryl methyl sites for hydroxylation is 1. The smallest absolute Gasteiger partial charge is 0.126 e. The number of hydrogen-bond donors (Lipinski definition) is 0. The molecule has 104 valence electrons. The van der Waals surface area contributed by atoms with E-state index >= 15 is 0 Å². The van der Waals surface area contributed by atoms with Gasteiger partial charge in [0.05, 0.1) is 13.2 Å². The lowest BCUT2D eigenvalue weighted by Gasteiger charge is -2.08. The first-order valence-corrected chi connectivity index (χ1v) is 6.86. The van der Waals surface area contributed by atoms with Crippen LogP contribution < -0.4 is 9.47 Å². The molecule has 3 rings (SSSR count). The molecule has 0 saturated heterocycles. The number of ether oxygens (including phenoxy) is 2. The van der Waals surface area contributed by atoms with Crippen LogP contribution in [-0.4, -0.2) is 13.2 Å². The molecule has 0 radical (unpaired) electrons. The molecule has 2 aromatic rings. The van der Waals surface area contributed by atoms with Crippen LogP contribution in [0, 0.1) is 12.7 Å². The van der Waals surface area contributed by atoms with Crippen molar-refractivity contribution < 1.29 is 13.9 Å². The third kappa shape index (κ3) is 2.77. The quantitative estimate of drug-likeness (QED) is 0.845. The van der Waals surface area contributed by atoms with E-state index in [1.807, 2.05) is 6.07 Å². The van der Waals surface area contributed by atoms with E-state index < -0.39 is 0 Å². The van der Waals surface area contributed by atoms with Crippen LogP contribution in [0.4, 0.5) is 4.39 Å². The lowest BCUT2D eigenvalue weighted by molar-refractivity contribution is 0.321. The van der Waals surface area contributed by atoms with Gasteiger partial charge >= 0.3 is 0 Å². The Morgan fingerprint density at radius 3 is 2.95 bits per heavy atom. The van der Waals surface area contributed by atoms with Gasteiger partial charge < -0.3 is 9.47 Å². The number of benzene rings is 2. The molecule has 1 aliphatic rings. The maximum atomic E-state index is 13.1. The molecule has 2 nitrogen and oxygen atoms in total. The standard InChI is InChI=1S/C17H17FO2/c1-12-10-15(3-4-16(12)18)19-8-6-13-2-5-17-14(11-13)7-9-20-17/h2-5,10-11H,6-9H2,1H3. The number of fused-ring (bicyclic) bond motifs is 1. The number of rotatable bonds is 4. The summed E-state index contributed by atoms with van der Waals surface area (Å²) in [5, 5.41) is 0. The maximum absolute atomic E-state index is 13.1. The highest BCUT2D eigenvalue weighted by Crippen LogP contribution is 2.26. The van der Waals surface area contributed by atoms with Crippen LogP contribution in [0.5, 0.6) is 11.5 Å². The first-order valence-electron chi connectivity index (χ1n) is 6.86. The Hall–Kier alpha value is -2.03. The third-order valence-corrected chi connectivity index (χ3v) is 3.54. The fourth-order valence-corrected chi connectivity index (χ4v) is 2.39. The van der Waals surface area contributed by atoms with Crippen molar-refractivity contribution in [2.45, 2.75) is 19.8 Å². The highest BCUT2D eigenvalue weighted by molar-refractivity contribution is 5.39. The molecule has 20 heavy (non-hydrogen) atoms. The zero-order chi connectivity index (χ0) is 13.9. The van der Waals surface area contributed by atoms with Crippen LogP contribution in [-0.2, 0) is 12.8 Å². The minimum absolute atomic E-state index is 0.198. The van der Waals surface area contributed by atoms with Crippen molar-refractivity contribution in [3.05, 3.63) is 58.9 Å². The Morgan fingerprint density at radius 1 is 1.20 bits per heavy atom. The van der Waals surface area contributed by atoms with Crippen LogP contribution in [0.25, 0.3) is 0 Å². The highest BCUT2D eigenvalue weighted by atomic mass is 19.1. The molecule has 1 aliphatic heterocycles. The van der Waals surface area contributed by atoms with Crippen LogP contribution in [0.3, 0.4) is 0 Å². The van der Waals surface area contributed by atoms with E-state index in [2.05, 4.69) is 12.1 Å². The predicted octanol–water partition coefficient (Wildman–Crippen LogP) is 3.69. The minimum atomic E-state index is -0.198. The van der Waals surface area contributed by atoms with Crippen molar-refractivity contribution in [1.29, 1.82) is 0 Å². The van der Waals surface area contributed by atoms with E-state index in [0.29, 0.717) is 17.9 Å². The second-order valence-corrected chi connectivity index (χ2v) is 5.05. The average molecular weight is 272 g/mol. The van der Waals surface area contributed by atoms with Crippen molar-refractivity contribution in [3.63, 3.8) is 0 Å². The molecule has 0 atom stereocenters. The average Bonchev–Trinajstić information content (AvgIpc) is 2.90. The molecule has 0 N–H and O–H groups in total. The fourth-order valence-electron chi connectivity index (χ4n) is 2.39. The first-order chi connectivity index (χ1) is 9.72. The Bertz CT molecular complexity index is 622. The van der Waals surface area contributed by atoms with Crippen molar-refractivity contribution in [2.75, 3.05) is 13.2 Å². The number of hydrogen-bond acceptors (Lipinski definition) is 2. The van der Waals surface area contributed by atoms with Crippen molar-refractivity contribution in [1.82, 2.24) is 0 Å². The molecule has 0 amide bonds. The highest BCUT2D eigenvalue weighted by Gasteiger charge is 2.11. The van der Waals surface area contributed by atoms with E-state index in [-0.39, 0.29) is 5.82 Å². The summed E-state index contributed by atoms with van der Waals surface area (Å²) in [7, 11) is 0. The summed E-state index contributed by atoms with van der Waals surface area (Å²) in [4.78, 5) is 0. The molecular weight excluding hydrogens is 255 g/mol. The Kier molecular flexibility index (Phi) is 3.59. The Labute approximate surface area is 118 Å². The van der Waals surface area contributed by atoms with E-state index in [1.165, 1.54) is 17.2 Å². The minimum Gasteiger partial charge on any atom is -0.493 e. The van der Waals surface area contributed by atoms with Gasteiger partial charge in [0.25, 0.3) is 0 Å². The molecule has 0 aromatic heterocycles. The van der Waals surface area contributed by atoms with Crippen molar-refractivity contribution in [2.24, 2.45) is 0 Å². The Balaban J connectivity index is 1.58. The molecule has 0 bridgehead atoms. The second-order valence-electron chi connectivity index (χ2n) is 5.05. The largest absolute Gasteiger partial charge is 0.493 e. The van der Waals surface area contributed by atoms with Gasteiger partial charge in [0.1, 0.15) is 17.3 Å². The molecule has 0 aliphatic carbocycles. The number of halogens is 1. The van der Waals surface area contributed by atoms with Crippen LogP contribution >= 0.6 is 0 Å². The van der Waals surface area contributed by atoms with E-state index in [1.54, 1.807) is 19.1 Å². The molecule has 3 heteroatoms. The zero-order valence-corrected chi connectivity index (χ0v) is 11.5. The van der Waals surface area contributed by atoms with Gasteiger partial charge in [0.2, 0.25) is 0 Å². The van der Waals surface area contributed by atoms with Crippen molar-refractivity contribution in [3.8, 4) is 11.5 Å². The third-order valence-electron chi connectivity index (χ3n) is 3.54. The predicted molar refractivity (Wildman–Crippen MR) is 76.0 cm³/mol. The van der Waals surface area contributed by atoms with Gasteiger partial charge in [-0.3, -0.25) is 0 Å². The van der Waals surface area contributed by atoms with Crippen LogP contribution in [0.2, 0.25) is 0 Å². The molecule has 0 saturated carbocycles. The van der Waals surface area contributed by atoms with Gasteiger partial charge in [-0.2, -0.15) is 0 Å². The summed E-state index contributed by atoms with van der Waals surface area (Å²) in [6.07, 6.45) is 1.82. The van der Waals surface area contributed by atoms with Gasteiger partial charge in [-0.15, -0.1) is 0 Å². The molecule has 1 heterocycles. The normalized spacial score (nSPS) is 12.9. The lowest BCUT2D eigenvalue weighted by atomic mass is 10.1. The topological polar surface area (TPSA) is 18.5 Å². The van der Waals surface area contributed by atoms with Gasteiger partial charge in [-0.05, 0) is 47.9 Å². The fraction of sp³-hybridized carbons (Fsp3) is 0.294. The SMILES string of the molecule is Cc1cc(OCCc2ccc3c(c2)CCO3)ccc1F. The zero-order valence-electron chi connectivity index (χ0n) is 11.5. The second kappa shape index (κ2) is 5.53. The Morgan fingerprint density at radius 2 is 2.10 bits per heavy atom. The molecule has 0 unspecified atom stereocenters. The van der Waals surface area contributed by atoms with E-state index in [9.17, 15) is 4.39 Å². The first kappa shape index (κ1) is 13.0. The summed E-state index contributed by atoms with van der Waals surface area (Å²) < 4.78 is 24.3. The molecule has 0 spiro atoms. The van der Waals surface area contributed by atoms with Crippen LogP contribution in [0.1, 0.15) is 16.7 Å². The summed E-state index contributed by atoms with van der Waals surface area (Å²) in [5.41, 5.74) is 3.13. The van der Waals surface area contributed by atoms with Crippen molar-refractivity contribution >= 4 is 0 Å². The summed E-state index contributed by atoms with van der Waals surface area (Å²) in [6, 6.07) is 11.1. The monoisotopic (exact) mass is 272 g/mol. The van der Waals surface area contributed by atoms with Gasteiger partial charge in [-0.1, -0.05) is 12.1 Å².